The number of rotatable bonds is 6. The maximum absolute atomic E-state index is 5.59. The molecule has 0 radical (unpaired) electrons. The molecule has 0 spiro atoms. The quantitative estimate of drug-likeness (QED) is 0.835. The Morgan fingerprint density at radius 3 is 2.83 bits per heavy atom. The molecule has 2 N–H and O–H groups in total. The molecule has 0 aliphatic rings. The second-order valence-corrected chi connectivity index (χ2v) is 4.19. The number of likely N-dealkylation sites (N-methyl/N-ethyl adjacent to an activating group) is 1. The fourth-order valence-electron chi connectivity index (χ4n) is 1.82. The summed E-state index contributed by atoms with van der Waals surface area (Å²) in [4.78, 5) is 6.68. The molecule has 2 rings (SSSR count). The van der Waals surface area contributed by atoms with E-state index in [1.807, 2.05) is 35.3 Å². The molecule has 0 saturated heterocycles. The van der Waals surface area contributed by atoms with Gasteiger partial charge in [-0.25, -0.2) is 0 Å². The first-order chi connectivity index (χ1) is 8.78. The summed E-state index contributed by atoms with van der Waals surface area (Å²) in [5.41, 5.74) is 6.68. The average molecular weight is 245 g/mol. The molecule has 2 heterocycles. The summed E-state index contributed by atoms with van der Waals surface area (Å²) in [6.07, 6.45) is 3.74. The molecule has 0 unspecified atom stereocenters. The van der Waals surface area contributed by atoms with E-state index in [4.69, 9.17) is 5.73 Å². The highest BCUT2D eigenvalue weighted by Gasteiger charge is 2.05. The van der Waals surface area contributed by atoms with Gasteiger partial charge in [0.2, 0.25) is 0 Å². The van der Waals surface area contributed by atoms with Crippen LogP contribution >= 0.6 is 0 Å². The van der Waals surface area contributed by atoms with E-state index in [2.05, 4.69) is 28.0 Å². The van der Waals surface area contributed by atoms with Gasteiger partial charge < -0.3 is 5.73 Å². The zero-order valence-electron chi connectivity index (χ0n) is 10.7. The van der Waals surface area contributed by atoms with Gasteiger partial charge in [0.15, 0.2) is 0 Å². The normalized spacial score (nSPS) is 11.0. The highest BCUT2D eigenvalue weighted by atomic mass is 15.3. The lowest BCUT2D eigenvalue weighted by Gasteiger charge is -2.19. The van der Waals surface area contributed by atoms with Gasteiger partial charge in [-0.1, -0.05) is 13.0 Å². The van der Waals surface area contributed by atoms with Crippen molar-refractivity contribution in [3.8, 4) is 0 Å². The lowest BCUT2D eigenvalue weighted by molar-refractivity contribution is 0.260. The average Bonchev–Trinajstić information content (AvgIpc) is 2.81. The molecule has 2 aromatic rings. The van der Waals surface area contributed by atoms with Crippen LogP contribution in [0.4, 0.5) is 5.82 Å². The van der Waals surface area contributed by atoms with Crippen LogP contribution in [-0.4, -0.2) is 32.8 Å². The van der Waals surface area contributed by atoms with Crippen molar-refractivity contribution in [1.29, 1.82) is 0 Å². The molecule has 5 nitrogen and oxygen atoms in total. The molecule has 2 aromatic heterocycles. The second kappa shape index (κ2) is 6.16. The fourth-order valence-corrected chi connectivity index (χ4v) is 1.82. The van der Waals surface area contributed by atoms with E-state index in [9.17, 15) is 0 Å². The monoisotopic (exact) mass is 245 g/mol. The van der Waals surface area contributed by atoms with E-state index in [0.717, 1.165) is 31.9 Å². The molecule has 0 atom stereocenters. The zero-order chi connectivity index (χ0) is 12.8. The predicted octanol–water partition coefficient (Wildman–Crippen LogP) is 1.38. The number of anilines is 1. The molecular weight excluding hydrogens is 226 g/mol. The molecule has 0 amide bonds. The van der Waals surface area contributed by atoms with Gasteiger partial charge in [0.25, 0.3) is 0 Å². The van der Waals surface area contributed by atoms with Gasteiger partial charge in [0.1, 0.15) is 5.82 Å². The second-order valence-electron chi connectivity index (χ2n) is 4.19. The first-order valence-electron chi connectivity index (χ1n) is 6.19. The van der Waals surface area contributed by atoms with Gasteiger partial charge in [-0.3, -0.25) is 14.6 Å². The summed E-state index contributed by atoms with van der Waals surface area (Å²) in [7, 11) is 0. The van der Waals surface area contributed by atoms with Crippen LogP contribution in [0.15, 0.2) is 36.7 Å². The van der Waals surface area contributed by atoms with Crippen molar-refractivity contribution < 1.29 is 0 Å². The Kier molecular flexibility index (Phi) is 4.30. The molecule has 0 aliphatic carbocycles. The van der Waals surface area contributed by atoms with Gasteiger partial charge >= 0.3 is 0 Å². The van der Waals surface area contributed by atoms with Crippen LogP contribution < -0.4 is 5.73 Å². The SMILES string of the molecule is CCN(CCn1ccc(N)n1)Cc1ccccn1. The van der Waals surface area contributed by atoms with Crippen molar-refractivity contribution in [2.45, 2.75) is 20.0 Å². The standard InChI is InChI=1S/C13H19N5/c1-2-17(11-12-5-3-4-7-15-12)9-10-18-8-6-13(14)16-18/h3-8H,2,9-11H2,1H3,(H2,14,16). The van der Waals surface area contributed by atoms with Gasteiger partial charge in [0.05, 0.1) is 12.2 Å². The largest absolute Gasteiger partial charge is 0.382 e. The van der Waals surface area contributed by atoms with Crippen molar-refractivity contribution in [2.24, 2.45) is 0 Å². The van der Waals surface area contributed by atoms with Gasteiger partial charge in [0, 0.05) is 25.5 Å². The summed E-state index contributed by atoms with van der Waals surface area (Å²) < 4.78 is 1.87. The van der Waals surface area contributed by atoms with Crippen LogP contribution in [0.3, 0.4) is 0 Å². The number of nitrogens with two attached hydrogens (primary N) is 1. The Balaban J connectivity index is 1.86. The zero-order valence-corrected chi connectivity index (χ0v) is 10.7. The van der Waals surface area contributed by atoms with E-state index in [1.54, 1.807) is 0 Å². The minimum absolute atomic E-state index is 0.572. The number of nitrogen functional groups attached to an aromatic ring is 1. The topological polar surface area (TPSA) is 60.0 Å². The van der Waals surface area contributed by atoms with Crippen LogP contribution in [-0.2, 0) is 13.1 Å². The van der Waals surface area contributed by atoms with Crippen LogP contribution in [0.1, 0.15) is 12.6 Å². The third-order valence-corrected chi connectivity index (χ3v) is 2.87. The Hall–Kier alpha value is -1.88. The van der Waals surface area contributed by atoms with Crippen LogP contribution in [0.2, 0.25) is 0 Å². The number of nitrogens with zero attached hydrogens (tertiary/aromatic N) is 4. The van der Waals surface area contributed by atoms with Crippen molar-refractivity contribution >= 4 is 5.82 Å². The first-order valence-corrected chi connectivity index (χ1v) is 6.19. The number of hydrogen-bond donors (Lipinski definition) is 1. The van der Waals surface area contributed by atoms with Crippen molar-refractivity contribution in [3.05, 3.63) is 42.4 Å². The molecule has 5 heteroatoms. The number of aromatic nitrogens is 3. The Bertz CT molecular complexity index is 465. The lowest BCUT2D eigenvalue weighted by Crippen LogP contribution is -2.27. The molecule has 0 aromatic carbocycles. The molecule has 18 heavy (non-hydrogen) atoms. The van der Waals surface area contributed by atoms with E-state index in [1.165, 1.54) is 0 Å². The van der Waals surface area contributed by atoms with E-state index < -0.39 is 0 Å². The predicted molar refractivity (Wildman–Crippen MR) is 71.8 cm³/mol. The van der Waals surface area contributed by atoms with E-state index in [0.29, 0.717) is 5.82 Å². The first kappa shape index (κ1) is 12.6. The van der Waals surface area contributed by atoms with Crippen LogP contribution in [0.25, 0.3) is 0 Å². The molecule has 96 valence electrons. The van der Waals surface area contributed by atoms with Crippen molar-refractivity contribution in [1.82, 2.24) is 19.7 Å². The Morgan fingerprint density at radius 2 is 2.22 bits per heavy atom. The van der Waals surface area contributed by atoms with Gasteiger partial charge in [-0.15, -0.1) is 0 Å². The highest BCUT2D eigenvalue weighted by Crippen LogP contribution is 2.02. The molecule has 0 aliphatic heterocycles. The molecule has 0 fully saturated rings. The summed E-state index contributed by atoms with van der Waals surface area (Å²) in [6, 6.07) is 7.82. The number of pyridine rings is 1. The van der Waals surface area contributed by atoms with Crippen molar-refractivity contribution in [2.75, 3.05) is 18.8 Å². The van der Waals surface area contributed by atoms with Crippen LogP contribution in [0, 0.1) is 0 Å². The summed E-state index contributed by atoms with van der Waals surface area (Å²) in [5.74, 6) is 0.572. The Morgan fingerprint density at radius 1 is 1.33 bits per heavy atom. The molecule has 0 bridgehead atoms. The smallest absolute Gasteiger partial charge is 0.145 e. The third kappa shape index (κ3) is 3.56. The summed E-state index contributed by atoms with van der Waals surface area (Å²) in [6.45, 7) is 5.80. The van der Waals surface area contributed by atoms with Crippen molar-refractivity contribution in [3.63, 3.8) is 0 Å². The van der Waals surface area contributed by atoms with E-state index >= 15 is 0 Å². The minimum atomic E-state index is 0.572. The number of hydrogen-bond acceptors (Lipinski definition) is 4. The summed E-state index contributed by atoms with van der Waals surface area (Å²) in [5, 5.41) is 4.18. The maximum Gasteiger partial charge on any atom is 0.145 e. The molecule has 0 saturated carbocycles. The van der Waals surface area contributed by atoms with E-state index in [-0.39, 0.29) is 0 Å². The lowest BCUT2D eigenvalue weighted by atomic mass is 10.3. The third-order valence-electron chi connectivity index (χ3n) is 2.87. The van der Waals surface area contributed by atoms with Gasteiger partial charge in [-0.2, -0.15) is 5.10 Å². The summed E-state index contributed by atoms with van der Waals surface area (Å²) >= 11 is 0. The molecular formula is C13H19N5. The van der Waals surface area contributed by atoms with Gasteiger partial charge in [-0.05, 0) is 24.7 Å². The Labute approximate surface area is 107 Å². The maximum atomic E-state index is 5.59. The minimum Gasteiger partial charge on any atom is -0.382 e. The highest BCUT2D eigenvalue weighted by molar-refractivity contribution is 5.23. The van der Waals surface area contributed by atoms with Crippen LogP contribution in [0.5, 0.6) is 0 Å². The fraction of sp³-hybridized carbons (Fsp3) is 0.385.